The first kappa shape index (κ1) is 15.3. The first-order valence-electron chi connectivity index (χ1n) is 6.19. The molecule has 0 saturated carbocycles. The van der Waals surface area contributed by atoms with Gasteiger partial charge in [-0.2, -0.15) is 0 Å². The van der Waals surface area contributed by atoms with Gasteiger partial charge in [-0.05, 0) is 18.2 Å². The summed E-state index contributed by atoms with van der Waals surface area (Å²) in [5.74, 6) is -0.689. The molecule has 7 heteroatoms. The summed E-state index contributed by atoms with van der Waals surface area (Å²) in [7, 11) is 1.21. The lowest BCUT2D eigenvalue weighted by molar-refractivity contribution is -0.0732. The van der Waals surface area contributed by atoms with Crippen molar-refractivity contribution >= 4 is 23.7 Å². The number of amides is 1. The molecule has 0 aromatic heterocycles. The Hall–Kier alpha value is -2.05. The molecule has 1 aromatic rings. The van der Waals surface area contributed by atoms with Gasteiger partial charge < -0.3 is 14.6 Å². The summed E-state index contributed by atoms with van der Waals surface area (Å²) in [5, 5.41) is 10.3. The number of hydrogen-bond acceptors (Lipinski definition) is 5. The van der Waals surface area contributed by atoms with Crippen LogP contribution in [-0.2, 0) is 9.47 Å². The third kappa shape index (κ3) is 3.53. The second kappa shape index (κ2) is 6.60. The Labute approximate surface area is 126 Å². The van der Waals surface area contributed by atoms with Crippen LogP contribution >= 0.6 is 11.6 Å². The molecule has 1 aliphatic rings. The highest BCUT2D eigenvalue weighted by Crippen LogP contribution is 2.18. The van der Waals surface area contributed by atoms with Crippen molar-refractivity contribution in [3.05, 3.63) is 47.0 Å². The van der Waals surface area contributed by atoms with E-state index in [1.807, 2.05) is 0 Å². The SMILES string of the molecule is COC(=O)N1CC=C[C@@H](O)[C@@H]1OC(=O)c1cccc(Cl)c1. The predicted octanol–water partition coefficient (Wildman–Crippen LogP) is 1.82. The number of aliphatic hydroxyl groups is 1. The molecular weight excluding hydrogens is 298 g/mol. The lowest BCUT2D eigenvalue weighted by atomic mass is 10.2. The molecule has 21 heavy (non-hydrogen) atoms. The average Bonchev–Trinajstić information content (AvgIpc) is 2.48. The van der Waals surface area contributed by atoms with Crippen LogP contribution in [0.5, 0.6) is 0 Å². The van der Waals surface area contributed by atoms with E-state index in [-0.39, 0.29) is 12.1 Å². The van der Waals surface area contributed by atoms with Gasteiger partial charge >= 0.3 is 12.1 Å². The smallest absolute Gasteiger partial charge is 0.412 e. The number of aliphatic hydroxyl groups excluding tert-OH is 1. The number of carbonyl (C=O) groups excluding carboxylic acids is 2. The number of rotatable bonds is 2. The van der Waals surface area contributed by atoms with Gasteiger partial charge in [0.2, 0.25) is 6.23 Å². The fourth-order valence-corrected chi connectivity index (χ4v) is 2.11. The van der Waals surface area contributed by atoms with Gasteiger partial charge in [0, 0.05) is 11.6 Å². The minimum Gasteiger partial charge on any atom is -0.453 e. The summed E-state index contributed by atoms with van der Waals surface area (Å²) in [6.07, 6.45) is 0.0814. The van der Waals surface area contributed by atoms with Gasteiger partial charge in [-0.3, -0.25) is 4.90 Å². The molecule has 2 atom stereocenters. The van der Waals surface area contributed by atoms with Crippen LogP contribution in [0.2, 0.25) is 5.02 Å². The Morgan fingerprint density at radius 1 is 1.43 bits per heavy atom. The number of esters is 1. The number of hydrogen-bond donors (Lipinski definition) is 1. The number of carbonyl (C=O) groups is 2. The number of nitrogens with zero attached hydrogens (tertiary/aromatic N) is 1. The maximum atomic E-state index is 12.1. The predicted molar refractivity (Wildman–Crippen MR) is 74.9 cm³/mol. The van der Waals surface area contributed by atoms with Gasteiger partial charge in [0.1, 0.15) is 6.10 Å². The summed E-state index contributed by atoms with van der Waals surface area (Å²) < 4.78 is 9.81. The lowest BCUT2D eigenvalue weighted by Gasteiger charge is -2.33. The quantitative estimate of drug-likeness (QED) is 0.666. The monoisotopic (exact) mass is 311 g/mol. The van der Waals surface area contributed by atoms with E-state index >= 15 is 0 Å². The third-order valence-corrected chi connectivity index (χ3v) is 3.17. The van der Waals surface area contributed by atoms with E-state index in [9.17, 15) is 14.7 Å². The standard InChI is InChI=1S/C14H14ClNO5/c1-20-14(19)16-7-3-6-11(17)12(16)21-13(18)9-4-2-5-10(15)8-9/h2-6,8,11-12,17H,7H2,1H3/t11-,12+/m1/s1. The topological polar surface area (TPSA) is 76.1 Å². The summed E-state index contributed by atoms with van der Waals surface area (Å²) in [5.41, 5.74) is 0.231. The molecule has 0 saturated heterocycles. The summed E-state index contributed by atoms with van der Waals surface area (Å²) in [6, 6.07) is 6.20. The minimum atomic E-state index is -1.14. The number of benzene rings is 1. The summed E-state index contributed by atoms with van der Waals surface area (Å²) >= 11 is 5.81. The van der Waals surface area contributed by atoms with Crippen molar-refractivity contribution < 1.29 is 24.2 Å². The second-order valence-electron chi connectivity index (χ2n) is 4.35. The van der Waals surface area contributed by atoms with Gasteiger partial charge in [-0.15, -0.1) is 0 Å². The molecule has 0 spiro atoms. The molecule has 0 aliphatic carbocycles. The largest absolute Gasteiger partial charge is 0.453 e. The Kier molecular flexibility index (Phi) is 4.82. The van der Waals surface area contributed by atoms with E-state index in [0.717, 1.165) is 4.90 Å². The van der Waals surface area contributed by atoms with Crippen LogP contribution in [0.15, 0.2) is 36.4 Å². The van der Waals surface area contributed by atoms with Gasteiger partial charge in [0.05, 0.1) is 12.7 Å². The maximum absolute atomic E-state index is 12.1. The van der Waals surface area contributed by atoms with Crippen molar-refractivity contribution in [3.8, 4) is 0 Å². The number of methoxy groups -OCH3 is 1. The van der Waals surface area contributed by atoms with Crippen molar-refractivity contribution in [2.75, 3.05) is 13.7 Å². The van der Waals surface area contributed by atoms with E-state index in [4.69, 9.17) is 16.3 Å². The maximum Gasteiger partial charge on any atom is 0.412 e. The van der Waals surface area contributed by atoms with Crippen LogP contribution in [-0.4, -0.2) is 48.1 Å². The highest BCUT2D eigenvalue weighted by molar-refractivity contribution is 6.30. The zero-order valence-electron chi connectivity index (χ0n) is 11.2. The fraction of sp³-hybridized carbons (Fsp3) is 0.286. The van der Waals surface area contributed by atoms with Crippen LogP contribution in [0.3, 0.4) is 0 Å². The first-order chi connectivity index (χ1) is 10.0. The van der Waals surface area contributed by atoms with Crippen LogP contribution in [0.25, 0.3) is 0 Å². The van der Waals surface area contributed by atoms with Crippen LogP contribution in [0.4, 0.5) is 4.79 Å². The zero-order chi connectivity index (χ0) is 15.4. The van der Waals surface area contributed by atoms with Gasteiger partial charge in [0.25, 0.3) is 0 Å². The number of halogens is 1. The highest BCUT2D eigenvalue weighted by atomic mass is 35.5. The number of ether oxygens (including phenoxy) is 2. The average molecular weight is 312 g/mol. The molecule has 6 nitrogen and oxygen atoms in total. The second-order valence-corrected chi connectivity index (χ2v) is 4.78. The van der Waals surface area contributed by atoms with E-state index in [1.54, 1.807) is 18.2 Å². The molecule has 112 valence electrons. The van der Waals surface area contributed by atoms with E-state index in [2.05, 4.69) is 4.74 Å². The molecule has 1 aromatic carbocycles. The Bertz CT molecular complexity index is 574. The molecule has 1 amide bonds. The molecule has 1 N–H and O–H groups in total. The fourth-order valence-electron chi connectivity index (χ4n) is 1.92. The van der Waals surface area contributed by atoms with Crippen molar-refractivity contribution in [1.29, 1.82) is 0 Å². The molecular formula is C14H14ClNO5. The Morgan fingerprint density at radius 3 is 2.86 bits per heavy atom. The first-order valence-corrected chi connectivity index (χ1v) is 6.56. The third-order valence-electron chi connectivity index (χ3n) is 2.93. The van der Waals surface area contributed by atoms with E-state index in [0.29, 0.717) is 5.02 Å². The molecule has 0 bridgehead atoms. The van der Waals surface area contributed by atoms with Crippen molar-refractivity contribution in [1.82, 2.24) is 4.90 Å². The molecule has 1 heterocycles. The highest BCUT2D eigenvalue weighted by Gasteiger charge is 2.34. The normalized spacial score (nSPS) is 21.0. The van der Waals surface area contributed by atoms with Crippen LogP contribution in [0, 0.1) is 0 Å². The minimum absolute atomic E-state index is 0.178. The van der Waals surface area contributed by atoms with Crippen LogP contribution in [0.1, 0.15) is 10.4 Å². The molecule has 0 fully saturated rings. The van der Waals surface area contributed by atoms with Crippen LogP contribution < -0.4 is 0 Å². The molecule has 1 aliphatic heterocycles. The molecule has 0 radical (unpaired) electrons. The van der Waals surface area contributed by atoms with Gasteiger partial charge in [-0.25, -0.2) is 9.59 Å². The zero-order valence-corrected chi connectivity index (χ0v) is 12.0. The lowest BCUT2D eigenvalue weighted by Crippen LogP contribution is -2.51. The Balaban J connectivity index is 2.16. The van der Waals surface area contributed by atoms with Gasteiger partial charge in [-0.1, -0.05) is 29.8 Å². The molecule has 0 unspecified atom stereocenters. The van der Waals surface area contributed by atoms with Crippen molar-refractivity contribution in [2.45, 2.75) is 12.3 Å². The van der Waals surface area contributed by atoms with Crippen molar-refractivity contribution in [2.24, 2.45) is 0 Å². The summed E-state index contributed by atoms with van der Waals surface area (Å²) in [6.45, 7) is 0.178. The summed E-state index contributed by atoms with van der Waals surface area (Å²) in [4.78, 5) is 24.8. The van der Waals surface area contributed by atoms with E-state index in [1.165, 1.54) is 25.3 Å². The van der Waals surface area contributed by atoms with E-state index < -0.39 is 24.4 Å². The Morgan fingerprint density at radius 2 is 2.19 bits per heavy atom. The van der Waals surface area contributed by atoms with Gasteiger partial charge in [0.15, 0.2) is 0 Å². The van der Waals surface area contributed by atoms with Crippen molar-refractivity contribution in [3.63, 3.8) is 0 Å². The molecule has 2 rings (SSSR count).